The minimum absolute atomic E-state index is 0.184. The van der Waals surface area contributed by atoms with Crippen molar-refractivity contribution in [3.05, 3.63) is 0 Å². The SMILES string of the molecule is CC(=O)[C@@H]1[C@H](C(C)=O)[C@@H](C=O)C[C@H]1C=O. The van der Waals surface area contributed by atoms with Gasteiger partial charge < -0.3 is 9.59 Å². The molecule has 0 bridgehead atoms. The fourth-order valence-corrected chi connectivity index (χ4v) is 2.53. The molecule has 1 saturated carbocycles. The van der Waals surface area contributed by atoms with E-state index in [1.54, 1.807) is 0 Å². The van der Waals surface area contributed by atoms with Gasteiger partial charge in [0, 0.05) is 23.7 Å². The third-order valence-corrected chi connectivity index (χ3v) is 3.14. The van der Waals surface area contributed by atoms with Crippen LogP contribution >= 0.6 is 0 Å². The van der Waals surface area contributed by atoms with Crippen molar-refractivity contribution in [2.45, 2.75) is 20.3 Å². The van der Waals surface area contributed by atoms with Gasteiger partial charge in [0.2, 0.25) is 0 Å². The van der Waals surface area contributed by atoms with E-state index in [4.69, 9.17) is 0 Å². The van der Waals surface area contributed by atoms with Crippen molar-refractivity contribution >= 4 is 24.1 Å². The van der Waals surface area contributed by atoms with Gasteiger partial charge in [-0.05, 0) is 20.3 Å². The number of carbonyl (C=O) groups is 4. The van der Waals surface area contributed by atoms with Crippen LogP contribution in [0.4, 0.5) is 0 Å². The monoisotopic (exact) mass is 210 g/mol. The number of aldehydes is 2. The molecule has 4 atom stereocenters. The van der Waals surface area contributed by atoms with E-state index >= 15 is 0 Å². The van der Waals surface area contributed by atoms with Crippen LogP contribution in [-0.4, -0.2) is 24.1 Å². The standard InChI is InChI=1S/C11H14O4/c1-6(14)10-8(4-12)3-9(5-13)11(10)7(2)15/h4-5,8-11H,3H2,1-2H3/t8-,9+,10-,11+. The normalized spacial score (nSPS) is 34.8. The number of ketones is 2. The Bertz CT molecular complexity index is 278. The van der Waals surface area contributed by atoms with Crippen LogP contribution in [0.15, 0.2) is 0 Å². The summed E-state index contributed by atoms with van der Waals surface area (Å²) in [6, 6.07) is 0. The van der Waals surface area contributed by atoms with Gasteiger partial charge in [-0.25, -0.2) is 0 Å². The molecule has 15 heavy (non-hydrogen) atoms. The van der Waals surface area contributed by atoms with Crippen molar-refractivity contribution in [1.82, 2.24) is 0 Å². The van der Waals surface area contributed by atoms with Crippen molar-refractivity contribution in [2.24, 2.45) is 23.7 Å². The summed E-state index contributed by atoms with van der Waals surface area (Å²) < 4.78 is 0. The van der Waals surface area contributed by atoms with Gasteiger partial charge in [-0.15, -0.1) is 0 Å². The van der Waals surface area contributed by atoms with E-state index in [0.717, 1.165) is 0 Å². The molecule has 0 saturated heterocycles. The second kappa shape index (κ2) is 4.47. The van der Waals surface area contributed by atoms with E-state index in [9.17, 15) is 19.2 Å². The van der Waals surface area contributed by atoms with Crippen LogP contribution in [0, 0.1) is 23.7 Å². The Labute approximate surface area is 88.0 Å². The Morgan fingerprint density at radius 1 is 0.933 bits per heavy atom. The maximum Gasteiger partial charge on any atom is 0.134 e. The van der Waals surface area contributed by atoms with Gasteiger partial charge in [-0.2, -0.15) is 0 Å². The van der Waals surface area contributed by atoms with Crippen LogP contribution < -0.4 is 0 Å². The number of carbonyl (C=O) groups excluding carboxylic acids is 4. The molecular formula is C11H14O4. The zero-order valence-electron chi connectivity index (χ0n) is 8.80. The summed E-state index contributed by atoms with van der Waals surface area (Å²) in [5, 5.41) is 0. The van der Waals surface area contributed by atoms with Crippen molar-refractivity contribution < 1.29 is 19.2 Å². The molecule has 0 spiro atoms. The highest BCUT2D eigenvalue weighted by Crippen LogP contribution is 2.40. The Morgan fingerprint density at radius 3 is 1.47 bits per heavy atom. The maximum atomic E-state index is 11.4. The zero-order chi connectivity index (χ0) is 11.6. The minimum atomic E-state index is -0.602. The molecule has 0 aromatic heterocycles. The number of hydrogen-bond donors (Lipinski definition) is 0. The van der Waals surface area contributed by atoms with E-state index in [2.05, 4.69) is 0 Å². The second-order valence-corrected chi connectivity index (χ2v) is 4.11. The average molecular weight is 210 g/mol. The first-order valence-corrected chi connectivity index (χ1v) is 4.94. The molecule has 1 fully saturated rings. The fourth-order valence-electron chi connectivity index (χ4n) is 2.53. The topological polar surface area (TPSA) is 68.3 Å². The molecule has 0 aliphatic heterocycles. The summed E-state index contributed by atoms with van der Waals surface area (Å²) in [6.45, 7) is 2.73. The lowest BCUT2D eigenvalue weighted by Gasteiger charge is -2.18. The third kappa shape index (κ3) is 2.03. The van der Waals surface area contributed by atoms with E-state index in [1.165, 1.54) is 13.8 Å². The highest BCUT2D eigenvalue weighted by molar-refractivity contribution is 5.92. The van der Waals surface area contributed by atoms with Gasteiger partial charge >= 0.3 is 0 Å². The number of hydrogen-bond acceptors (Lipinski definition) is 4. The first kappa shape index (κ1) is 11.8. The number of Topliss-reactive ketones (excluding diaryl/α,β-unsaturated/α-hetero) is 2. The van der Waals surface area contributed by atoms with Crippen LogP contribution in [0.1, 0.15) is 20.3 Å². The molecule has 0 heterocycles. The first-order valence-electron chi connectivity index (χ1n) is 4.94. The van der Waals surface area contributed by atoms with E-state index in [1.807, 2.05) is 0 Å². The van der Waals surface area contributed by atoms with Gasteiger partial charge in [-0.1, -0.05) is 0 Å². The lowest BCUT2D eigenvalue weighted by Crippen LogP contribution is -2.30. The van der Waals surface area contributed by atoms with Gasteiger partial charge in [0.25, 0.3) is 0 Å². The van der Waals surface area contributed by atoms with Crippen LogP contribution in [0.3, 0.4) is 0 Å². The predicted molar refractivity (Wildman–Crippen MR) is 52.1 cm³/mol. The molecule has 0 amide bonds. The van der Waals surface area contributed by atoms with Gasteiger partial charge in [0.1, 0.15) is 24.1 Å². The minimum Gasteiger partial charge on any atom is -0.303 e. The quantitative estimate of drug-likeness (QED) is 0.631. The Kier molecular flexibility index (Phi) is 3.50. The van der Waals surface area contributed by atoms with Crippen molar-refractivity contribution in [3.8, 4) is 0 Å². The second-order valence-electron chi connectivity index (χ2n) is 4.11. The molecule has 0 N–H and O–H groups in total. The summed E-state index contributed by atoms with van der Waals surface area (Å²) >= 11 is 0. The molecule has 4 nitrogen and oxygen atoms in total. The molecule has 0 aromatic carbocycles. The molecule has 0 unspecified atom stereocenters. The lowest BCUT2D eigenvalue weighted by atomic mass is 9.82. The summed E-state index contributed by atoms with van der Waals surface area (Å²) in [7, 11) is 0. The van der Waals surface area contributed by atoms with Crippen molar-refractivity contribution in [1.29, 1.82) is 0 Å². The molecule has 0 aromatic rings. The molecule has 1 rings (SSSR count). The van der Waals surface area contributed by atoms with Gasteiger partial charge in [0.05, 0.1) is 0 Å². The third-order valence-electron chi connectivity index (χ3n) is 3.14. The summed E-state index contributed by atoms with van der Waals surface area (Å²) in [6.07, 6.45) is 1.69. The van der Waals surface area contributed by atoms with E-state index in [-0.39, 0.29) is 11.6 Å². The molecular weight excluding hydrogens is 196 g/mol. The van der Waals surface area contributed by atoms with Crippen molar-refractivity contribution in [2.75, 3.05) is 0 Å². The van der Waals surface area contributed by atoms with Crippen molar-refractivity contribution in [3.63, 3.8) is 0 Å². The van der Waals surface area contributed by atoms with E-state index in [0.29, 0.717) is 19.0 Å². The smallest absolute Gasteiger partial charge is 0.134 e. The largest absolute Gasteiger partial charge is 0.303 e. The number of rotatable bonds is 4. The Hall–Kier alpha value is -1.32. The average Bonchev–Trinajstić information content (AvgIpc) is 2.55. The molecule has 82 valence electrons. The fraction of sp³-hybridized carbons (Fsp3) is 0.636. The summed E-state index contributed by atoms with van der Waals surface area (Å²) in [5.41, 5.74) is 0. The molecule has 1 aliphatic carbocycles. The van der Waals surface area contributed by atoms with E-state index < -0.39 is 23.7 Å². The van der Waals surface area contributed by atoms with Crippen LogP contribution in [0.25, 0.3) is 0 Å². The van der Waals surface area contributed by atoms with Crippen LogP contribution in [-0.2, 0) is 19.2 Å². The lowest BCUT2D eigenvalue weighted by molar-refractivity contribution is -0.133. The highest BCUT2D eigenvalue weighted by atomic mass is 16.1. The first-order chi connectivity index (χ1) is 7.02. The highest BCUT2D eigenvalue weighted by Gasteiger charge is 2.47. The maximum absolute atomic E-state index is 11.4. The van der Waals surface area contributed by atoms with Gasteiger partial charge in [0.15, 0.2) is 0 Å². The Morgan fingerprint density at radius 2 is 1.27 bits per heavy atom. The predicted octanol–water partition coefficient (Wildman–Crippen LogP) is 0.431. The molecule has 4 heteroatoms. The molecule has 0 radical (unpaired) electrons. The molecule has 1 aliphatic rings. The van der Waals surface area contributed by atoms with Gasteiger partial charge in [-0.3, -0.25) is 9.59 Å². The van der Waals surface area contributed by atoms with Crippen LogP contribution in [0.5, 0.6) is 0 Å². The zero-order valence-corrected chi connectivity index (χ0v) is 8.80. The van der Waals surface area contributed by atoms with Crippen LogP contribution in [0.2, 0.25) is 0 Å². The summed E-state index contributed by atoms with van der Waals surface area (Å²) in [4.78, 5) is 44.3. The summed E-state index contributed by atoms with van der Waals surface area (Å²) in [5.74, 6) is -2.53. The Balaban J connectivity index is 3.05.